The van der Waals surface area contributed by atoms with Crippen molar-refractivity contribution in [3.05, 3.63) is 54.0 Å². The zero-order chi connectivity index (χ0) is 21.1. The van der Waals surface area contributed by atoms with Crippen LogP contribution in [-0.4, -0.2) is 61.8 Å². The van der Waals surface area contributed by atoms with E-state index in [1.165, 1.54) is 6.26 Å². The van der Waals surface area contributed by atoms with E-state index in [1.54, 1.807) is 36.4 Å². The predicted octanol–water partition coefficient (Wildman–Crippen LogP) is 1.91. The maximum absolute atomic E-state index is 12.9. The molecule has 2 fully saturated rings. The number of amides is 2. The maximum Gasteiger partial charge on any atom is 0.291 e. The van der Waals surface area contributed by atoms with Gasteiger partial charge in [0.25, 0.3) is 11.8 Å². The Bertz CT molecular complexity index is 1010. The minimum absolute atomic E-state index is 0.0468. The van der Waals surface area contributed by atoms with Crippen LogP contribution in [0.3, 0.4) is 0 Å². The number of carbonyl (C=O) groups is 2. The fourth-order valence-corrected chi connectivity index (χ4v) is 6.12. The third kappa shape index (κ3) is 4.73. The lowest BCUT2D eigenvalue weighted by molar-refractivity contribution is 0.0899. The van der Waals surface area contributed by atoms with Gasteiger partial charge in [-0.25, -0.2) is 8.42 Å². The summed E-state index contributed by atoms with van der Waals surface area (Å²) in [7, 11) is -3.19. The number of hydrogen-bond donors (Lipinski definition) is 2. The van der Waals surface area contributed by atoms with E-state index in [0.717, 1.165) is 32.4 Å². The first-order valence-corrected chi connectivity index (χ1v) is 11.9. The summed E-state index contributed by atoms with van der Waals surface area (Å²) in [6.45, 7) is 1.72. The van der Waals surface area contributed by atoms with Gasteiger partial charge in [0, 0.05) is 17.3 Å². The molecule has 2 amide bonds. The second kappa shape index (κ2) is 8.61. The number of nitrogens with zero attached hydrogens (tertiary/aromatic N) is 1. The summed E-state index contributed by atoms with van der Waals surface area (Å²) >= 11 is 0. The van der Waals surface area contributed by atoms with Crippen LogP contribution in [0.5, 0.6) is 0 Å². The van der Waals surface area contributed by atoms with Crippen molar-refractivity contribution in [1.82, 2.24) is 10.2 Å². The number of nitrogens with one attached hydrogen (secondary N) is 2. The van der Waals surface area contributed by atoms with Crippen LogP contribution in [0.4, 0.5) is 5.69 Å². The van der Waals surface area contributed by atoms with Crippen LogP contribution in [0, 0.1) is 0 Å². The molecule has 2 saturated heterocycles. The van der Waals surface area contributed by atoms with Crippen molar-refractivity contribution in [3.8, 4) is 0 Å². The smallest absolute Gasteiger partial charge is 0.291 e. The quantitative estimate of drug-likeness (QED) is 0.749. The van der Waals surface area contributed by atoms with Crippen LogP contribution >= 0.6 is 0 Å². The highest BCUT2D eigenvalue weighted by atomic mass is 32.2. The molecule has 4 rings (SSSR count). The summed E-state index contributed by atoms with van der Waals surface area (Å²) < 4.78 is 29.6. The molecule has 0 radical (unpaired) electrons. The van der Waals surface area contributed by atoms with E-state index >= 15 is 0 Å². The van der Waals surface area contributed by atoms with E-state index in [9.17, 15) is 18.0 Å². The summed E-state index contributed by atoms with van der Waals surface area (Å²) in [5.74, 6) is -0.561. The maximum atomic E-state index is 12.9. The molecule has 1 aromatic heterocycles. The molecule has 2 aliphatic heterocycles. The van der Waals surface area contributed by atoms with Gasteiger partial charge in [-0.2, -0.15) is 0 Å². The first-order valence-electron chi connectivity index (χ1n) is 10.1. The minimum atomic E-state index is -3.19. The van der Waals surface area contributed by atoms with Crippen LogP contribution in [-0.2, 0) is 9.84 Å². The van der Waals surface area contributed by atoms with Gasteiger partial charge in [-0.05, 0) is 56.3 Å². The average molecular weight is 432 g/mol. The van der Waals surface area contributed by atoms with Crippen molar-refractivity contribution in [2.75, 3.05) is 29.9 Å². The van der Waals surface area contributed by atoms with Crippen molar-refractivity contribution in [3.63, 3.8) is 0 Å². The lowest BCUT2D eigenvalue weighted by Gasteiger charge is -2.35. The summed E-state index contributed by atoms with van der Waals surface area (Å²) in [5.41, 5.74) is 0.810. The Labute approximate surface area is 175 Å². The van der Waals surface area contributed by atoms with E-state index < -0.39 is 21.8 Å². The molecular weight excluding hydrogens is 406 g/mol. The molecule has 0 aliphatic carbocycles. The van der Waals surface area contributed by atoms with Gasteiger partial charge in [-0.1, -0.05) is 12.5 Å². The molecule has 160 valence electrons. The monoisotopic (exact) mass is 431 g/mol. The van der Waals surface area contributed by atoms with Crippen LogP contribution in [0.25, 0.3) is 0 Å². The molecule has 1 aromatic carbocycles. The number of sulfone groups is 1. The van der Waals surface area contributed by atoms with E-state index in [1.807, 2.05) is 0 Å². The number of carbonyl (C=O) groups excluding carboxylic acids is 2. The second-order valence-electron chi connectivity index (χ2n) is 7.83. The molecule has 0 saturated carbocycles. The number of likely N-dealkylation sites (tertiary alicyclic amines) is 1. The van der Waals surface area contributed by atoms with Crippen molar-refractivity contribution < 1.29 is 22.4 Å². The Balaban J connectivity index is 1.45. The summed E-state index contributed by atoms with van der Waals surface area (Å²) in [6.07, 6.45) is 4.67. The zero-order valence-electron chi connectivity index (χ0n) is 16.5. The van der Waals surface area contributed by atoms with Gasteiger partial charge in [0.15, 0.2) is 15.6 Å². The number of hydrogen-bond acceptors (Lipinski definition) is 6. The van der Waals surface area contributed by atoms with Crippen molar-refractivity contribution in [2.24, 2.45) is 0 Å². The summed E-state index contributed by atoms with van der Waals surface area (Å²) in [4.78, 5) is 27.2. The van der Waals surface area contributed by atoms with Gasteiger partial charge in [-0.15, -0.1) is 0 Å². The number of rotatable bonds is 5. The molecule has 2 atom stereocenters. The molecule has 30 heavy (non-hydrogen) atoms. The van der Waals surface area contributed by atoms with Gasteiger partial charge in [-0.3, -0.25) is 14.5 Å². The van der Waals surface area contributed by atoms with Crippen LogP contribution in [0.1, 0.15) is 40.2 Å². The zero-order valence-corrected chi connectivity index (χ0v) is 17.4. The van der Waals surface area contributed by atoms with Gasteiger partial charge in [0.05, 0.1) is 23.8 Å². The Morgan fingerprint density at radius 2 is 1.80 bits per heavy atom. The lowest BCUT2D eigenvalue weighted by Crippen LogP contribution is -2.52. The van der Waals surface area contributed by atoms with E-state index in [4.69, 9.17) is 4.42 Å². The van der Waals surface area contributed by atoms with Crippen LogP contribution < -0.4 is 10.6 Å². The molecule has 8 nitrogen and oxygen atoms in total. The van der Waals surface area contributed by atoms with Gasteiger partial charge in [0.1, 0.15) is 0 Å². The Morgan fingerprint density at radius 3 is 2.53 bits per heavy atom. The topological polar surface area (TPSA) is 109 Å². The van der Waals surface area contributed by atoms with Crippen molar-refractivity contribution in [1.29, 1.82) is 0 Å². The normalized spacial score (nSPS) is 23.7. The standard InChI is InChI=1S/C21H25N3O5S/c25-20(15-6-4-7-16(12-15)22-21(26)19-8-5-11-29-19)23-17-13-30(27,28)14-18(17)24-9-2-1-3-10-24/h4-8,11-12,17-18H,1-3,9-10,13-14H2,(H,22,26)(H,23,25)/t17-,18-/m1/s1. The molecule has 2 aromatic rings. The van der Waals surface area contributed by atoms with E-state index in [2.05, 4.69) is 15.5 Å². The molecule has 3 heterocycles. The first kappa shape index (κ1) is 20.6. The van der Waals surface area contributed by atoms with E-state index in [0.29, 0.717) is 11.3 Å². The third-order valence-corrected chi connectivity index (χ3v) is 7.34. The third-order valence-electron chi connectivity index (χ3n) is 5.63. The predicted molar refractivity (Wildman–Crippen MR) is 112 cm³/mol. The van der Waals surface area contributed by atoms with Gasteiger partial charge >= 0.3 is 0 Å². The number of furan rings is 1. The fraction of sp³-hybridized carbons (Fsp3) is 0.429. The molecule has 0 unspecified atom stereocenters. The highest BCUT2D eigenvalue weighted by Gasteiger charge is 2.42. The van der Waals surface area contributed by atoms with Gasteiger partial charge < -0.3 is 15.1 Å². The number of anilines is 1. The minimum Gasteiger partial charge on any atom is -0.459 e. The highest BCUT2D eigenvalue weighted by Crippen LogP contribution is 2.23. The second-order valence-corrected chi connectivity index (χ2v) is 9.99. The largest absolute Gasteiger partial charge is 0.459 e. The van der Waals surface area contributed by atoms with Crippen molar-refractivity contribution >= 4 is 27.3 Å². The molecular formula is C21H25N3O5S. The number of piperidine rings is 1. The Kier molecular flexibility index (Phi) is 5.92. The molecule has 2 N–H and O–H groups in total. The molecule has 0 spiro atoms. The van der Waals surface area contributed by atoms with Crippen molar-refractivity contribution in [2.45, 2.75) is 31.3 Å². The Hall–Kier alpha value is -2.65. The van der Waals surface area contributed by atoms with Crippen LogP contribution in [0.2, 0.25) is 0 Å². The van der Waals surface area contributed by atoms with Gasteiger partial charge in [0.2, 0.25) is 0 Å². The fourth-order valence-electron chi connectivity index (χ4n) is 4.17. The SMILES string of the molecule is O=C(N[C@@H]1CS(=O)(=O)C[C@H]1N1CCCCC1)c1cccc(NC(=O)c2ccco2)c1. The molecule has 2 aliphatic rings. The average Bonchev–Trinajstić information content (AvgIpc) is 3.37. The Morgan fingerprint density at radius 1 is 1.00 bits per heavy atom. The lowest BCUT2D eigenvalue weighted by atomic mass is 10.0. The molecule has 0 bridgehead atoms. The first-order chi connectivity index (χ1) is 14.4. The molecule has 9 heteroatoms. The highest BCUT2D eigenvalue weighted by molar-refractivity contribution is 7.91. The summed E-state index contributed by atoms with van der Waals surface area (Å²) in [5, 5.41) is 5.61. The van der Waals surface area contributed by atoms with E-state index in [-0.39, 0.29) is 29.2 Å². The van der Waals surface area contributed by atoms with Crippen LogP contribution in [0.15, 0.2) is 47.1 Å². The summed E-state index contributed by atoms with van der Waals surface area (Å²) in [6, 6.07) is 9.07. The number of benzene rings is 1.